The summed E-state index contributed by atoms with van der Waals surface area (Å²) in [6.45, 7) is 2.67. The summed E-state index contributed by atoms with van der Waals surface area (Å²) in [4.78, 5) is 6.09. The van der Waals surface area contributed by atoms with Gasteiger partial charge in [0, 0.05) is 42.4 Å². The van der Waals surface area contributed by atoms with Crippen LogP contribution in [0.4, 0.5) is 10.1 Å². The molecular weight excluding hydrogens is 367 g/mol. The van der Waals surface area contributed by atoms with Crippen molar-refractivity contribution in [2.45, 2.75) is 37.6 Å². The summed E-state index contributed by atoms with van der Waals surface area (Å²) in [5, 5.41) is 18.3. The molecule has 7 heteroatoms. The molecule has 2 aromatic heterocycles. The summed E-state index contributed by atoms with van der Waals surface area (Å²) in [5.41, 5.74) is 3.35. The van der Waals surface area contributed by atoms with Gasteiger partial charge in [0.25, 0.3) is 0 Å². The third-order valence-electron chi connectivity index (χ3n) is 6.38. The van der Waals surface area contributed by atoms with Gasteiger partial charge in [-0.2, -0.15) is 9.65 Å². The molecule has 2 aliphatic heterocycles. The predicted molar refractivity (Wildman–Crippen MR) is 107 cm³/mol. The molecule has 1 fully saturated rings. The first kappa shape index (κ1) is 17.8. The molecule has 1 aromatic carbocycles. The van der Waals surface area contributed by atoms with Gasteiger partial charge in [0.05, 0.1) is 11.3 Å². The fraction of sp³-hybridized carbons (Fsp3) is 0.364. The summed E-state index contributed by atoms with van der Waals surface area (Å²) in [6, 6.07) is 11.1. The minimum Gasteiger partial charge on any atom is -0.370 e. The van der Waals surface area contributed by atoms with Crippen LogP contribution in [0.2, 0.25) is 0 Å². The van der Waals surface area contributed by atoms with Crippen molar-refractivity contribution in [2.24, 2.45) is 0 Å². The minimum atomic E-state index is -0.506. The SMILES string of the molecule is N#Cc1cccc(-c2ccc(F)nc2)c1N1CCC2(CCCn3cnnc32)CC1. The molecule has 29 heavy (non-hydrogen) atoms. The van der Waals surface area contributed by atoms with Gasteiger partial charge in [-0.05, 0) is 43.9 Å². The number of pyridine rings is 1. The molecule has 5 rings (SSSR count). The molecule has 0 N–H and O–H groups in total. The standard InChI is InChI=1S/C22H21FN6/c23-19-6-5-17(14-25-19)18-4-1-3-16(13-24)20(18)28-11-8-22(9-12-28)7-2-10-29-15-26-27-21(22)29/h1,3-6,14-15H,2,7-12H2. The normalized spacial score (nSPS) is 17.7. The number of benzene rings is 1. The Labute approximate surface area is 168 Å². The van der Waals surface area contributed by atoms with E-state index in [1.165, 1.54) is 12.3 Å². The number of rotatable bonds is 2. The van der Waals surface area contributed by atoms with Crippen molar-refractivity contribution in [3.05, 3.63) is 60.2 Å². The minimum absolute atomic E-state index is 0.0738. The molecule has 0 aliphatic carbocycles. The maximum Gasteiger partial charge on any atom is 0.212 e. The highest BCUT2D eigenvalue weighted by atomic mass is 19.1. The Bertz CT molecular complexity index is 1070. The van der Waals surface area contributed by atoms with Gasteiger partial charge in [-0.3, -0.25) is 0 Å². The van der Waals surface area contributed by atoms with Gasteiger partial charge < -0.3 is 9.47 Å². The van der Waals surface area contributed by atoms with Crippen LogP contribution < -0.4 is 4.90 Å². The van der Waals surface area contributed by atoms with Gasteiger partial charge in [0.15, 0.2) is 0 Å². The van der Waals surface area contributed by atoms with Crippen molar-refractivity contribution in [1.29, 1.82) is 5.26 Å². The zero-order valence-electron chi connectivity index (χ0n) is 16.1. The second-order valence-corrected chi connectivity index (χ2v) is 7.90. The molecule has 1 saturated heterocycles. The molecule has 0 atom stereocenters. The van der Waals surface area contributed by atoms with E-state index in [2.05, 4.69) is 30.7 Å². The Morgan fingerprint density at radius 2 is 1.93 bits per heavy atom. The average molecular weight is 388 g/mol. The fourth-order valence-electron chi connectivity index (χ4n) is 4.90. The number of halogens is 1. The number of nitriles is 1. The van der Waals surface area contributed by atoms with Crippen LogP contribution in [0.3, 0.4) is 0 Å². The molecule has 2 aliphatic rings. The van der Waals surface area contributed by atoms with Gasteiger partial charge >= 0.3 is 0 Å². The highest BCUT2D eigenvalue weighted by Crippen LogP contribution is 2.44. The number of nitrogens with zero attached hydrogens (tertiary/aromatic N) is 6. The number of aromatic nitrogens is 4. The number of hydrogen-bond acceptors (Lipinski definition) is 5. The van der Waals surface area contributed by atoms with E-state index in [-0.39, 0.29) is 5.41 Å². The number of para-hydroxylation sites is 1. The van der Waals surface area contributed by atoms with Gasteiger partial charge in [-0.25, -0.2) is 4.98 Å². The summed E-state index contributed by atoms with van der Waals surface area (Å²) < 4.78 is 15.5. The zero-order valence-corrected chi connectivity index (χ0v) is 16.1. The van der Waals surface area contributed by atoms with E-state index in [1.54, 1.807) is 6.07 Å². The van der Waals surface area contributed by atoms with Crippen LogP contribution in [-0.4, -0.2) is 32.8 Å². The molecule has 0 bridgehead atoms. The molecule has 0 saturated carbocycles. The van der Waals surface area contributed by atoms with Gasteiger partial charge in [0.2, 0.25) is 5.95 Å². The smallest absolute Gasteiger partial charge is 0.212 e. The first-order valence-corrected chi connectivity index (χ1v) is 9.98. The number of fused-ring (bicyclic) bond motifs is 2. The summed E-state index contributed by atoms with van der Waals surface area (Å²) in [7, 11) is 0. The van der Waals surface area contributed by atoms with Crippen LogP contribution in [-0.2, 0) is 12.0 Å². The van der Waals surface area contributed by atoms with Crippen molar-refractivity contribution < 1.29 is 4.39 Å². The highest BCUT2D eigenvalue weighted by Gasteiger charge is 2.42. The Morgan fingerprint density at radius 1 is 1.07 bits per heavy atom. The molecule has 4 heterocycles. The van der Waals surface area contributed by atoms with Crippen LogP contribution in [0.1, 0.15) is 37.1 Å². The number of anilines is 1. The molecule has 146 valence electrons. The number of piperidine rings is 1. The van der Waals surface area contributed by atoms with E-state index >= 15 is 0 Å². The van der Waals surface area contributed by atoms with Crippen molar-refractivity contribution in [2.75, 3.05) is 18.0 Å². The maximum absolute atomic E-state index is 13.3. The average Bonchev–Trinajstić information content (AvgIpc) is 3.25. The van der Waals surface area contributed by atoms with Crippen molar-refractivity contribution >= 4 is 5.69 Å². The Balaban J connectivity index is 1.49. The Hall–Kier alpha value is -3.27. The van der Waals surface area contributed by atoms with Crippen molar-refractivity contribution in [3.63, 3.8) is 0 Å². The second-order valence-electron chi connectivity index (χ2n) is 7.90. The number of hydrogen-bond donors (Lipinski definition) is 0. The molecular formula is C22H21FN6. The van der Waals surface area contributed by atoms with Crippen LogP contribution in [0.15, 0.2) is 42.9 Å². The summed E-state index contributed by atoms with van der Waals surface area (Å²) in [6.07, 6.45) is 7.61. The molecule has 0 unspecified atom stereocenters. The first-order valence-electron chi connectivity index (χ1n) is 9.98. The first-order chi connectivity index (χ1) is 14.2. The largest absolute Gasteiger partial charge is 0.370 e. The fourth-order valence-corrected chi connectivity index (χ4v) is 4.90. The van der Waals surface area contributed by atoms with Gasteiger partial charge in [-0.15, -0.1) is 10.2 Å². The van der Waals surface area contributed by atoms with Crippen LogP contribution in [0.5, 0.6) is 0 Å². The summed E-state index contributed by atoms with van der Waals surface area (Å²) >= 11 is 0. The lowest BCUT2D eigenvalue weighted by Crippen LogP contribution is -2.46. The Kier molecular flexibility index (Phi) is 4.27. The lowest BCUT2D eigenvalue weighted by atomic mass is 9.72. The van der Waals surface area contributed by atoms with Crippen LogP contribution in [0.25, 0.3) is 11.1 Å². The molecule has 0 radical (unpaired) electrons. The maximum atomic E-state index is 13.3. The lowest BCUT2D eigenvalue weighted by molar-refractivity contribution is 0.243. The quantitative estimate of drug-likeness (QED) is 0.626. The molecule has 0 amide bonds. The second kappa shape index (κ2) is 6.96. The van der Waals surface area contributed by atoms with E-state index in [0.29, 0.717) is 5.56 Å². The topological polar surface area (TPSA) is 70.6 Å². The monoisotopic (exact) mass is 388 g/mol. The Morgan fingerprint density at radius 3 is 2.69 bits per heavy atom. The number of aryl methyl sites for hydroxylation is 1. The predicted octanol–water partition coefficient (Wildman–Crippen LogP) is 3.68. The van der Waals surface area contributed by atoms with E-state index in [0.717, 1.165) is 68.0 Å². The summed E-state index contributed by atoms with van der Waals surface area (Å²) in [5.74, 6) is 0.605. The van der Waals surface area contributed by atoms with Gasteiger partial charge in [-0.1, -0.05) is 12.1 Å². The molecule has 6 nitrogen and oxygen atoms in total. The lowest BCUT2D eigenvalue weighted by Gasteiger charge is -2.44. The van der Waals surface area contributed by atoms with E-state index < -0.39 is 5.95 Å². The third kappa shape index (κ3) is 2.96. The van der Waals surface area contributed by atoms with E-state index in [4.69, 9.17) is 0 Å². The van der Waals surface area contributed by atoms with Crippen molar-refractivity contribution in [1.82, 2.24) is 19.7 Å². The third-order valence-corrected chi connectivity index (χ3v) is 6.38. The van der Waals surface area contributed by atoms with Crippen molar-refractivity contribution in [3.8, 4) is 17.2 Å². The molecule has 1 spiro atoms. The van der Waals surface area contributed by atoms with Crippen LogP contribution in [0, 0.1) is 17.3 Å². The molecule has 3 aromatic rings. The van der Waals surface area contributed by atoms with Crippen LogP contribution >= 0.6 is 0 Å². The highest BCUT2D eigenvalue weighted by molar-refractivity contribution is 5.82. The van der Waals surface area contributed by atoms with Gasteiger partial charge in [0.1, 0.15) is 18.2 Å². The van der Waals surface area contributed by atoms with E-state index in [9.17, 15) is 9.65 Å². The van der Waals surface area contributed by atoms with E-state index in [1.807, 2.05) is 24.5 Å². The zero-order chi connectivity index (χ0) is 19.8.